The van der Waals surface area contributed by atoms with E-state index in [0.29, 0.717) is 6.41 Å². The van der Waals surface area contributed by atoms with Gasteiger partial charge in [-0.05, 0) is 25.8 Å². The molecule has 17 heavy (non-hydrogen) atoms. The molecule has 0 fully saturated rings. The second kappa shape index (κ2) is 6.03. The molecule has 0 aliphatic carbocycles. The van der Waals surface area contributed by atoms with Crippen molar-refractivity contribution >= 4 is 12.6 Å². The Morgan fingerprint density at radius 3 is 2.82 bits per heavy atom. The number of hydrogen-bond acceptors (Lipinski definition) is 2. The van der Waals surface area contributed by atoms with Crippen LogP contribution in [0.5, 0.6) is 0 Å². The average Bonchev–Trinajstić information content (AvgIpc) is 2.63. The van der Waals surface area contributed by atoms with Crippen molar-refractivity contribution in [3.8, 4) is 0 Å². The van der Waals surface area contributed by atoms with Crippen LogP contribution in [0.15, 0.2) is 24.0 Å². The third-order valence-corrected chi connectivity index (χ3v) is 2.70. The summed E-state index contributed by atoms with van der Waals surface area (Å²) in [5.74, 6) is 0. The first kappa shape index (κ1) is 13.2. The minimum atomic E-state index is 0.676. The number of amides is 1. The summed E-state index contributed by atoms with van der Waals surface area (Å²) in [6, 6.07) is 0. The van der Waals surface area contributed by atoms with Crippen molar-refractivity contribution in [2.75, 3.05) is 7.05 Å². The number of aryl methyl sites for hydroxylation is 1. The lowest BCUT2D eigenvalue weighted by Gasteiger charge is -2.03. The maximum Gasteiger partial charge on any atom is 0.229 e. The van der Waals surface area contributed by atoms with E-state index in [2.05, 4.69) is 36.3 Å². The van der Waals surface area contributed by atoms with Gasteiger partial charge in [-0.15, -0.1) is 6.58 Å². The van der Waals surface area contributed by atoms with Crippen LogP contribution >= 0.6 is 0 Å². The predicted octanol–water partition coefficient (Wildman–Crippen LogP) is 1.97. The number of aromatic nitrogens is 1. The fourth-order valence-electron chi connectivity index (χ4n) is 1.74. The highest BCUT2D eigenvalue weighted by Gasteiger charge is 2.08. The van der Waals surface area contributed by atoms with Crippen molar-refractivity contribution in [3.05, 3.63) is 35.7 Å². The van der Waals surface area contributed by atoms with Crippen molar-refractivity contribution < 1.29 is 4.79 Å². The van der Waals surface area contributed by atoms with Crippen molar-refractivity contribution in [1.29, 1.82) is 0 Å². The van der Waals surface area contributed by atoms with Crippen LogP contribution < -0.4 is 0 Å². The standard InChI is InChI=1S/C13H19N3O/c1-5-7-12-9-16(6-2)11(3)13(12)8-14-15(4)10-17/h5,8-10H,1,6-7H2,2-4H3/b14-8-. The average molecular weight is 233 g/mol. The highest BCUT2D eigenvalue weighted by molar-refractivity contribution is 5.84. The van der Waals surface area contributed by atoms with E-state index in [9.17, 15) is 4.79 Å². The van der Waals surface area contributed by atoms with Gasteiger partial charge in [0.2, 0.25) is 6.41 Å². The minimum Gasteiger partial charge on any atom is -0.351 e. The Labute approximate surface area is 102 Å². The molecule has 1 heterocycles. The quantitative estimate of drug-likeness (QED) is 0.320. The van der Waals surface area contributed by atoms with Gasteiger partial charge >= 0.3 is 0 Å². The lowest BCUT2D eigenvalue weighted by atomic mass is 10.1. The molecule has 0 spiro atoms. The molecule has 1 aromatic rings. The minimum absolute atomic E-state index is 0.676. The Kier molecular flexibility index (Phi) is 4.69. The number of nitrogens with zero attached hydrogens (tertiary/aromatic N) is 3. The maximum absolute atomic E-state index is 10.5. The van der Waals surface area contributed by atoms with E-state index in [0.717, 1.165) is 24.2 Å². The molecule has 92 valence electrons. The topological polar surface area (TPSA) is 37.6 Å². The van der Waals surface area contributed by atoms with Gasteiger partial charge in [0.25, 0.3) is 0 Å². The zero-order valence-electron chi connectivity index (χ0n) is 10.7. The van der Waals surface area contributed by atoms with E-state index in [4.69, 9.17) is 0 Å². The van der Waals surface area contributed by atoms with Crippen molar-refractivity contribution in [2.24, 2.45) is 5.10 Å². The van der Waals surface area contributed by atoms with Crippen LogP contribution in [0.3, 0.4) is 0 Å². The summed E-state index contributed by atoms with van der Waals surface area (Å²) in [5, 5.41) is 5.31. The SMILES string of the molecule is C=CCc1cn(CC)c(C)c1/C=N\N(C)C=O. The number of carbonyl (C=O) groups excluding carboxylic acids is 1. The number of rotatable bonds is 6. The lowest BCUT2D eigenvalue weighted by molar-refractivity contribution is -0.116. The summed E-state index contributed by atoms with van der Waals surface area (Å²) in [7, 11) is 1.61. The van der Waals surface area contributed by atoms with Crippen LogP contribution in [-0.2, 0) is 17.8 Å². The first-order valence-electron chi connectivity index (χ1n) is 5.65. The van der Waals surface area contributed by atoms with Crippen LogP contribution in [0.25, 0.3) is 0 Å². The van der Waals surface area contributed by atoms with E-state index in [1.165, 1.54) is 10.6 Å². The summed E-state index contributed by atoms with van der Waals surface area (Å²) in [6.45, 7) is 8.83. The Balaban J connectivity index is 3.10. The summed E-state index contributed by atoms with van der Waals surface area (Å²) in [5.41, 5.74) is 3.41. The highest BCUT2D eigenvalue weighted by atomic mass is 16.1. The number of hydrogen-bond donors (Lipinski definition) is 0. The van der Waals surface area contributed by atoms with Crippen molar-refractivity contribution in [2.45, 2.75) is 26.8 Å². The molecule has 4 heteroatoms. The second-order valence-electron chi connectivity index (χ2n) is 3.86. The van der Waals surface area contributed by atoms with Gasteiger partial charge in [0.15, 0.2) is 0 Å². The van der Waals surface area contributed by atoms with Crippen molar-refractivity contribution in [3.63, 3.8) is 0 Å². The van der Waals surface area contributed by atoms with Crippen LogP contribution in [0, 0.1) is 6.92 Å². The Morgan fingerprint density at radius 1 is 1.59 bits per heavy atom. The van der Waals surface area contributed by atoms with Crippen LogP contribution in [0.4, 0.5) is 0 Å². The largest absolute Gasteiger partial charge is 0.351 e. The molecule has 1 amide bonds. The Hall–Kier alpha value is -1.84. The van der Waals surface area contributed by atoms with Gasteiger partial charge in [0.05, 0.1) is 6.21 Å². The number of hydrazone groups is 1. The van der Waals surface area contributed by atoms with E-state index in [1.54, 1.807) is 13.3 Å². The summed E-state index contributed by atoms with van der Waals surface area (Å²) >= 11 is 0. The zero-order chi connectivity index (χ0) is 12.8. The first-order chi connectivity index (χ1) is 8.13. The molecule has 0 saturated carbocycles. The maximum atomic E-state index is 10.5. The molecule has 0 bridgehead atoms. The summed E-state index contributed by atoms with van der Waals surface area (Å²) in [4.78, 5) is 10.5. The lowest BCUT2D eigenvalue weighted by Crippen LogP contribution is -2.08. The third-order valence-electron chi connectivity index (χ3n) is 2.70. The van der Waals surface area contributed by atoms with E-state index < -0.39 is 0 Å². The molecule has 0 aliphatic heterocycles. The van der Waals surface area contributed by atoms with Gasteiger partial charge in [-0.1, -0.05) is 6.08 Å². The third kappa shape index (κ3) is 3.06. The molecule has 0 aliphatic rings. The van der Waals surface area contributed by atoms with Crippen LogP contribution in [0.1, 0.15) is 23.7 Å². The fourth-order valence-corrected chi connectivity index (χ4v) is 1.74. The Morgan fingerprint density at radius 2 is 2.29 bits per heavy atom. The highest BCUT2D eigenvalue weighted by Crippen LogP contribution is 2.16. The summed E-state index contributed by atoms with van der Waals surface area (Å²) in [6.07, 6.45) is 7.19. The van der Waals surface area contributed by atoms with Gasteiger partial charge in [-0.25, -0.2) is 5.01 Å². The normalized spacial score (nSPS) is 10.8. The fraction of sp³-hybridized carbons (Fsp3) is 0.385. The molecular weight excluding hydrogens is 214 g/mol. The van der Waals surface area contributed by atoms with E-state index in [-0.39, 0.29) is 0 Å². The molecule has 0 N–H and O–H groups in total. The predicted molar refractivity (Wildman–Crippen MR) is 70.2 cm³/mol. The molecule has 1 rings (SSSR count). The van der Waals surface area contributed by atoms with E-state index >= 15 is 0 Å². The van der Waals surface area contributed by atoms with Crippen LogP contribution in [0.2, 0.25) is 0 Å². The molecule has 0 saturated heterocycles. The summed E-state index contributed by atoms with van der Waals surface area (Å²) < 4.78 is 2.17. The second-order valence-corrected chi connectivity index (χ2v) is 3.86. The van der Waals surface area contributed by atoms with Gasteiger partial charge in [0, 0.05) is 31.0 Å². The molecular formula is C13H19N3O. The number of carbonyl (C=O) groups is 1. The zero-order valence-corrected chi connectivity index (χ0v) is 10.7. The monoisotopic (exact) mass is 233 g/mol. The first-order valence-corrected chi connectivity index (χ1v) is 5.65. The Bertz CT molecular complexity index is 432. The number of allylic oxidation sites excluding steroid dienone is 1. The molecule has 0 aromatic carbocycles. The van der Waals surface area contributed by atoms with Crippen LogP contribution in [-0.4, -0.2) is 29.2 Å². The molecule has 4 nitrogen and oxygen atoms in total. The smallest absolute Gasteiger partial charge is 0.229 e. The van der Waals surface area contributed by atoms with Crippen molar-refractivity contribution in [1.82, 2.24) is 9.58 Å². The molecule has 0 unspecified atom stereocenters. The van der Waals surface area contributed by atoms with Gasteiger partial charge < -0.3 is 4.57 Å². The molecule has 1 aromatic heterocycles. The van der Waals surface area contributed by atoms with Gasteiger partial charge in [-0.2, -0.15) is 5.10 Å². The van der Waals surface area contributed by atoms with Gasteiger partial charge in [0.1, 0.15) is 0 Å². The van der Waals surface area contributed by atoms with E-state index in [1.807, 2.05) is 6.08 Å². The molecule has 0 radical (unpaired) electrons. The molecule has 0 atom stereocenters. The van der Waals surface area contributed by atoms with Gasteiger partial charge in [-0.3, -0.25) is 4.79 Å².